The molecule has 0 aliphatic rings. The highest BCUT2D eigenvalue weighted by Gasteiger charge is 2.12. The normalized spacial score (nSPS) is 10.8. The first-order valence-corrected chi connectivity index (χ1v) is 5.99. The summed E-state index contributed by atoms with van der Waals surface area (Å²) >= 11 is 3.13. The molecule has 1 amide bonds. The molecular weight excluding hydrogens is 287 g/mol. The average Bonchev–Trinajstić information content (AvgIpc) is 2.29. The Labute approximate surface area is 108 Å². The summed E-state index contributed by atoms with van der Waals surface area (Å²) in [4.78, 5) is 11.7. The molecule has 0 fully saturated rings. The number of benzene rings is 1. The predicted octanol–water partition coefficient (Wildman–Crippen LogP) is 2.87. The van der Waals surface area contributed by atoms with E-state index in [2.05, 4.69) is 21.2 Å². The van der Waals surface area contributed by atoms with E-state index in [9.17, 15) is 9.18 Å². The summed E-state index contributed by atoms with van der Waals surface area (Å²) in [6.07, 6.45) is 4.63. The van der Waals surface area contributed by atoms with Crippen LogP contribution in [0.5, 0.6) is 0 Å². The Morgan fingerprint density at radius 1 is 1.59 bits per heavy atom. The molecule has 0 spiro atoms. The van der Waals surface area contributed by atoms with Crippen molar-refractivity contribution in [1.82, 2.24) is 5.32 Å². The molecule has 0 bridgehead atoms. The van der Waals surface area contributed by atoms with Crippen LogP contribution in [0.25, 0.3) is 0 Å². The van der Waals surface area contributed by atoms with Gasteiger partial charge in [-0.2, -0.15) is 0 Å². The van der Waals surface area contributed by atoms with Crippen LogP contribution in [-0.2, 0) is 0 Å². The minimum atomic E-state index is -0.539. The predicted molar refractivity (Wildman–Crippen MR) is 70.3 cm³/mol. The van der Waals surface area contributed by atoms with Gasteiger partial charge in [-0.25, -0.2) is 4.39 Å². The second-order valence-electron chi connectivity index (χ2n) is 3.47. The topological polar surface area (TPSA) is 55.1 Å². The van der Waals surface area contributed by atoms with Crippen molar-refractivity contribution in [2.75, 3.05) is 12.3 Å². The SMILES string of the molecule is C/C=C/CCNC(=O)c1cc(N)c(F)cc1Br. The molecule has 1 aromatic rings. The van der Waals surface area contributed by atoms with Crippen molar-refractivity contribution in [3.63, 3.8) is 0 Å². The first-order chi connectivity index (χ1) is 8.06. The Morgan fingerprint density at radius 2 is 2.29 bits per heavy atom. The molecule has 0 aliphatic heterocycles. The van der Waals surface area contributed by atoms with Gasteiger partial charge in [-0.1, -0.05) is 12.2 Å². The van der Waals surface area contributed by atoms with Gasteiger partial charge in [0.25, 0.3) is 5.91 Å². The van der Waals surface area contributed by atoms with Crippen molar-refractivity contribution in [3.05, 3.63) is 40.1 Å². The number of rotatable bonds is 4. The summed E-state index contributed by atoms with van der Waals surface area (Å²) in [7, 11) is 0. The molecule has 92 valence electrons. The Kier molecular flexibility index (Phi) is 5.15. The molecule has 0 radical (unpaired) electrons. The van der Waals surface area contributed by atoms with Crippen LogP contribution >= 0.6 is 15.9 Å². The Balaban J connectivity index is 2.72. The van der Waals surface area contributed by atoms with Gasteiger partial charge in [0.15, 0.2) is 0 Å². The summed E-state index contributed by atoms with van der Waals surface area (Å²) in [5, 5.41) is 2.72. The summed E-state index contributed by atoms with van der Waals surface area (Å²) in [6, 6.07) is 2.51. The minimum absolute atomic E-state index is 0.0354. The van der Waals surface area contributed by atoms with Crippen molar-refractivity contribution in [2.24, 2.45) is 0 Å². The van der Waals surface area contributed by atoms with Crippen molar-refractivity contribution in [1.29, 1.82) is 0 Å². The van der Waals surface area contributed by atoms with E-state index in [4.69, 9.17) is 5.73 Å². The summed E-state index contributed by atoms with van der Waals surface area (Å²) in [6.45, 7) is 2.45. The average molecular weight is 301 g/mol. The lowest BCUT2D eigenvalue weighted by molar-refractivity contribution is 0.0953. The second-order valence-corrected chi connectivity index (χ2v) is 4.32. The van der Waals surface area contributed by atoms with Gasteiger partial charge in [-0.3, -0.25) is 4.79 Å². The molecule has 0 aliphatic carbocycles. The lowest BCUT2D eigenvalue weighted by Crippen LogP contribution is -2.24. The van der Waals surface area contributed by atoms with E-state index in [1.807, 2.05) is 19.1 Å². The molecule has 17 heavy (non-hydrogen) atoms. The standard InChI is InChI=1S/C12H14BrFN2O/c1-2-3-4-5-16-12(17)8-6-11(15)10(14)7-9(8)13/h2-3,6-7H,4-5,15H2,1H3,(H,16,17)/b3-2+. The van der Waals surface area contributed by atoms with Crippen LogP contribution in [0.3, 0.4) is 0 Å². The van der Waals surface area contributed by atoms with Crippen molar-refractivity contribution in [3.8, 4) is 0 Å². The van der Waals surface area contributed by atoms with Crippen LogP contribution in [0, 0.1) is 5.82 Å². The van der Waals surface area contributed by atoms with E-state index >= 15 is 0 Å². The highest BCUT2D eigenvalue weighted by molar-refractivity contribution is 9.10. The number of allylic oxidation sites excluding steroid dienone is 1. The fourth-order valence-corrected chi connectivity index (χ4v) is 1.77. The molecular formula is C12H14BrFN2O. The van der Waals surface area contributed by atoms with Gasteiger partial charge in [0.2, 0.25) is 0 Å². The van der Waals surface area contributed by atoms with Crippen molar-refractivity contribution < 1.29 is 9.18 Å². The zero-order chi connectivity index (χ0) is 12.8. The smallest absolute Gasteiger partial charge is 0.252 e. The lowest BCUT2D eigenvalue weighted by atomic mass is 10.2. The maximum absolute atomic E-state index is 13.1. The van der Waals surface area contributed by atoms with Gasteiger partial charge in [0.1, 0.15) is 5.82 Å². The number of nitrogens with one attached hydrogen (secondary N) is 1. The van der Waals surface area contributed by atoms with E-state index < -0.39 is 5.82 Å². The van der Waals surface area contributed by atoms with E-state index in [0.717, 1.165) is 6.42 Å². The van der Waals surface area contributed by atoms with E-state index in [1.165, 1.54) is 12.1 Å². The van der Waals surface area contributed by atoms with Crippen LogP contribution in [0.15, 0.2) is 28.8 Å². The van der Waals surface area contributed by atoms with Gasteiger partial charge in [0, 0.05) is 11.0 Å². The first kappa shape index (κ1) is 13.7. The van der Waals surface area contributed by atoms with Gasteiger partial charge in [0.05, 0.1) is 11.3 Å². The number of hydrogen-bond donors (Lipinski definition) is 2. The van der Waals surface area contributed by atoms with E-state index in [0.29, 0.717) is 16.6 Å². The summed E-state index contributed by atoms with van der Waals surface area (Å²) in [5.41, 5.74) is 5.72. The lowest BCUT2D eigenvalue weighted by Gasteiger charge is -2.07. The molecule has 0 heterocycles. The maximum Gasteiger partial charge on any atom is 0.252 e. The molecule has 0 saturated carbocycles. The maximum atomic E-state index is 13.1. The molecule has 3 nitrogen and oxygen atoms in total. The number of hydrogen-bond acceptors (Lipinski definition) is 2. The molecule has 1 rings (SSSR count). The number of carbonyl (C=O) groups is 1. The highest BCUT2D eigenvalue weighted by Crippen LogP contribution is 2.22. The van der Waals surface area contributed by atoms with Gasteiger partial charge in [-0.15, -0.1) is 0 Å². The minimum Gasteiger partial charge on any atom is -0.396 e. The van der Waals surface area contributed by atoms with Crippen molar-refractivity contribution >= 4 is 27.5 Å². The van der Waals surface area contributed by atoms with E-state index in [1.54, 1.807) is 0 Å². The van der Waals surface area contributed by atoms with Crippen LogP contribution in [0.2, 0.25) is 0 Å². The number of amides is 1. The van der Waals surface area contributed by atoms with Crippen LogP contribution in [-0.4, -0.2) is 12.5 Å². The quantitative estimate of drug-likeness (QED) is 0.510. The number of anilines is 1. The fraction of sp³-hybridized carbons (Fsp3) is 0.250. The molecule has 1 aromatic carbocycles. The third-order valence-electron chi connectivity index (χ3n) is 2.16. The Bertz CT molecular complexity index is 446. The highest BCUT2D eigenvalue weighted by atomic mass is 79.9. The van der Waals surface area contributed by atoms with Gasteiger partial charge in [-0.05, 0) is 41.4 Å². The van der Waals surface area contributed by atoms with E-state index in [-0.39, 0.29) is 11.6 Å². The third-order valence-corrected chi connectivity index (χ3v) is 2.82. The number of nitrogens with two attached hydrogens (primary N) is 1. The monoisotopic (exact) mass is 300 g/mol. The molecule has 0 unspecified atom stereocenters. The summed E-state index contributed by atoms with van der Waals surface area (Å²) in [5.74, 6) is -0.810. The third kappa shape index (κ3) is 3.85. The Hall–Kier alpha value is -1.36. The van der Waals surface area contributed by atoms with Gasteiger partial charge >= 0.3 is 0 Å². The number of carbonyl (C=O) groups excluding carboxylic acids is 1. The van der Waals surface area contributed by atoms with Crippen LogP contribution in [0.1, 0.15) is 23.7 Å². The fourth-order valence-electron chi connectivity index (χ4n) is 1.27. The summed E-state index contributed by atoms with van der Waals surface area (Å²) < 4.78 is 13.5. The molecule has 0 saturated heterocycles. The zero-order valence-electron chi connectivity index (χ0n) is 9.47. The Morgan fingerprint density at radius 3 is 2.94 bits per heavy atom. The second kappa shape index (κ2) is 6.39. The largest absolute Gasteiger partial charge is 0.396 e. The molecule has 5 heteroatoms. The van der Waals surface area contributed by atoms with Crippen molar-refractivity contribution in [2.45, 2.75) is 13.3 Å². The molecule has 0 atom stereocenters. The number of halogens is 2. The molecule has 3 N–H and O–H groups in total. The number of nitrogen functional groups attached to an aromatic ring is 1. The zero-order valence-corrected chi connectivity index (χ0v) is 11.1. The van der Waals surface area contributed by atoms with Crippen LogP contribution < -0.4 is 11.1 Å². The molecule has 0 aromatic heterocycles. The first-order valence-electron chi connectivity index (χ1n) is 5.20. The van der Waals surface area contributed by atoms with Crippen LogP contribution in [0.4, 0.5) is 10.1 Å². The van der Waals surface area contributed by atoms with Gasteiger partial charge < -0.3 is 11.1 Å².